The van der Waals surface area contributed by atoms with Crippen LogP contribution >= 0.6 is 15.8 Å². The first kappa shape index (κ1) is 40.2. The van der Waals surface area contributed by atoms with E-state index in [-0.39, 0.29) is 47.8 Å². The number of hydrogen-bond acceptors (Lipinski definition) is 0. The molecular formula is C45H56FeP2. The molecule has 3 heteroatoms. The Morgan fingerprint density at radius 2 is 0.625 bits per heavy atom. The van der Waals surface area contributed by atoms with E-state index < -0.39 is 0 Å². The van der Waals surface area contributed by atoms with Gasteiger partial charge in [0.1, 0.15) is 0 Å². The van der Waals surface area contributed by atoms with Crippen molar-refractivity contribution >= 4 is 37.1 Å². The van der Waals surface area contributed by atoms with Crippen LogP contribution in [0.3, 0.4) is 0 Å². The molecule has 0 radical (unpaired) electrons. The minimum absolute atomic E-state index is 0. The zero-order chi connectivity index (χ0) is 30.5. The standard InChI is InChI=1S/2C17H19P.C9H12.2CH3.Fe/c2*1-3-9-15(10-4-1)18(17-13-7-8-14-17)16-11-5-2-6-12-16;1-2-5-9-7-3-6-8(9)4-1;;;/h2*1-6,9-12,17H,7-8,13-14H2;1-2,4-5,8-9H,3,6-7H2;2*1H3;/q;;;2*-1;+2. The predicted molar refractivity (Wildman–Crippen MR) is 215 cm³/mol. The first-order valence-corrected chi connectivity index (χ1v) is 20.3. The average Bonchev–Trinajstić information content (AvgIpc) is 3.92. The third-order valence-corrected chi connectivity index (χ3v) is 15.9. The van der Waals surface area contributed by atoms with E-state index in [4.69, 9.17) is 0 Å². The van der Waals surface area contributed by atoms with Crippen LogP contribution in [0.2, 0.25) is 0 Å². The van der Waals surface area contributed by atoms with Gasteiger partial charge in [-0.25, -0.2) is 0 Å². The summed E-state index contributed by atoms with van der Waals surface area (Å²) in [5, 5.41) is 6.19. The Balaban J connectivity index is 0.000000199. The second-order valence-electron chi connectivity index (χ2n) is 13.0. The summed E-state index contributed by atoms with van der Waals surface area (Å²) < 4.78 is 0. The zero-order valence-electron chi connectivity index (χ0n) is 29.2. The third kappa shape index (κ3) is 11.1. The van der Waals surface area contributed by atoms with Crippen LogP contribution in [0.5, 0.6) is 0 Å². The van der Waals surface area contributed by atoms with Crippen LogP contribution in [0, 0.1) is 26.7 Å². The van der Waals surface area contributed by atoms with Gasteiger partial charge in [-0.05, 0) is 98.7 Å². The van der Waals surface area contributed by atoms with Crippen molar-refractivity contribution in [1.29, 1.82) is 0 Å². The average molecular weight is 715 g/mol. The van der Waals surface area contributed by atoms with E-state index in [0.717, 1.165) is 23.2 Å². The molecule has 0 aliphatic heterocycles. The van der Waals surface area contributed by atoms with E-state index in [2.05, 4.69) is 146 Å². The molecule has 48 heavy (non-hydrogen) atoms. The molecule has 0 saturated heterocycles. The molecule has 0 nitrogen and oxygen atoms in total. The number of benzene rings is 4. The van der Waals surface area contributed by atoms with Crippen LogP contribution in [0.1, 0.15) is 70.6 Å². The maximum absolute atomic E-state index is 2.36. The largest absolute Gasteiger partial charge is 2.00 e. The van der Waals surface area contributed by atoms with Gasteiger partial charge in [-0.1, -0.05) is 178 Å². The van der Waals surface area contributed by atoms with Gasteiger partial charge >= 0.3 is 17.1 Å². The van der Waals surface area contributed by atoms with E-state index in [1.54, 1.807) is 21.2 Å². The summed E-state index contributed by atoms with van der Waals surface area (Å²) in [7, 11) is -0.304. The molecule has 3 fully saturated rings. The quantitative estimate of drug-likeness (QED) is 0.106. The molecule has 0 N–H and O–H groups in total. The van der Waals surface area contributed by atoms with Crippen molar-refractivity contribution < 1.29 is 17.1 Å². The number of allylic oxidation sites excluding steroid dienone is 4. The van der Waals surface area contributed by atoms with Crippen molar-refractivity contribution in [1.82, 2.24) is 0 Å². The van der Waals surface area contributed by atoms with Gasteiger partial charge in [0.15, 0.2) is 0 Å². The van der Waals surface area contributed by atoms with Crippen LogP contribution in [0.15, 0.2) is 146 Å². The molecular weight excluding hydrogens is 658 g/mol. The van der Waals surface area contributed by atoms with Gasteiger partial charge in [0, 0.05) is 0 Å². The van der Waals surface area contributed by atoms with Crippen LogP contribution < -0.4 is 21.2 Å². The normalized spacial score (nSPS) is 19.5. The molecule has 2 unspecified atom stereocenters. The smallest absolute Gasteiger partial charge is 0.358 e. The molecule has 8 rings (SSSR count). The van der Waals surface area contributed by atoms with Crippen molar-refractivity contribution in [2.24, 2.45) is 11.8 Å². The van der Waals surface area contributed by atoms with Crippen LogP contribution in [-0.4, -0.2) is 11.3 Å². The minimum atomic E-state index is -0.152. The van der Waals surface area contributed by atoms with Crippen LogP contribution in [0.25, 0.3) is 0 Å². The second-order valence-corrected chi connectivity index (χ2v) is 18.0. The summed E-state index contributed by atoms with van der Waals surface area (Å²) in [4.78, 5) is 0. The fourth-order valence-electron chi connectivity index (χ4n) is 7.73. The van der Waals surface area contributed by atoms with Gasteiger partial charge < -0.3 is 14.9 Å². The van der Waals surface area contributed by atoms with Gasteiger partial charge in [-0.15, -0.1) is 0 Å². The molecule has 254 valence electrons. The molecule has 0 spiro atoms. The fraction of sp³-hybridized carbons (Fsp3) is 0.333. The molecule has 4 aromatic carbocycles. The Labute approximate surface area is 306 Å². The Morgan fingerprint density at radius 1 is 0.354 bits per heavy atom. The molecule has 0 aromatic heterocycles. The second kappa shape index (κ2) is 21.7. The van der Waals surface area contributed by atoms with Gasteiger partial charge in [0.25, 0.3) is 0 Å². The first-order chi connectivity index (χ1) is 22.4. The van der Waals surface area contributed by atoms with Crippen molar-refractivity contribution in [3.05, 3.63) is 160 Å². The molecule has 0 heterocycles. The van der Waals surface area contributed by atoms with Gasteiger partial charge in [-0.2, -0.15) is 0 Å². The predicted octanol–water partition coefficient (Wildman–Crippen LogP) is 11.6. The van der Waals surface area contributed by atoms with E-state index in [9.17, 15) is 0 Å². The molecule has 4 aliphatic rings. The maximum atomic E-state index is 2.36. The van der Waals surface area contributed by atoms with E-state index in [1.807, 2.05) is 0 Å². The Morgan fingerprint density at radius 3 is 0.896 bits per heavy atom. The van der Waals surface area contributed by atoms with E-state index >= 15 is 0 Å². The number of rotatable bonds is 6. The summed E-state index contributed by atoms with van der Waals surface area (Å²) in [5.41, 5.74) is 1.79. The zero-order valence-corrected chi connectivity index (χ0v) is 32.1. The Kier molecular flexibility index (Phi) is 18.2. The Bertz CT molecular complexity index is 1250. The monoisotopic (exact) mass is 714 g/mol. The van der Waals surface area contributed by atoms with Crippen LogP contribution in [0.4, 0.5) is 0 Å². The van der Waals surface area contributed by atoms with Crippen LogP contribution in [-0.2, 0) is 17.1 Å². The van der Waals surface area contributed by atoms with Gasteiger partial charge in [0.05, 0.1) is 0 Å². The number of fused-ring (bicyclic) bond motifs is 1. The maximum Gasteiger partial charge on any atom is 2.00 e. The molecule has 3 saturated carbocycles. The molecule has 2 atom stereocenters. The number of hydrogen-bond donors (Lipinski definition) is 0. The third-order valence-electron chi connectivity index (χ3n) is 9.97. The summed E-state index contributed by atoms with van der Waals surface area (Å²) in [6, 6.07) is 44.5. The van der Waals surface area contributed by atoms with Crippen molar-refractivity contribution in [2.75, 3.05) is 0 Å². The summed E-state index contributed by atoms with van der Waals surface area (Å²) in [6.45, 7) is 0. The minimum Gasteiger partial charge on any atom is -0.358 e. The van der Waals surface area contributed by atoms with E-state index in [1.165, 1.54) is 70.6 Å². The molecule has 4 aromatic rings. The van der Waals surface area contributed by atoms with E-state index in [0.29, 0.717) is 0 Å². The first-order valence-electron chi connectivity index (χ1n) is 17.5. The molecule has 0 bridgehead atoms. The molecule has 4 aliphatic carbocycles. The van der Waals surface area contributed by atoms with Crippen molar-refractivity contribution in [3.63, 3.8) is 0 Å². The SMILES string of the molecule is C1=CC2CCCC2C=C1.[CH3-].[CH3-].[Fe+2].c1ccc(P(c2ccccc2)C2CCCC2)cc1.c1ccc(P(c2ccccc2)C2CCCC2)cc1. The Hall–Kier alpha value is -2.26. The fourth-order valence-corrected chi connectivity index (χ4v) is 13.7. The topological polar surface area (TPSA) is 0 Å². The van der Waals surface area contributed by atoms with Crippen molar-refractivity contribution in [3.8, 4) is 0 Å². The summed E-state index contributed by atoms with van der Waals surface area (Å²) in [6.07, 6.45) is 24.7. The van der Waals surface area contributed by atoms with Gasteiger partial charge in [-0.3, -0.25) is 0 Å². The molecule has 0 amide bonds. The van der Waals surface area contributed by atoms with Gasteiger partial charge in [0.2, 0.25) is 0 Å². The summed E-state index contributed by atoms with van der Waals surface area (Å²) >= 11 is 0. The van der Waals surface area contributed by atoms with Crippen molar-refractivity contribution in [2.45, 2.75) is 81.9 Å². The summed E-state index contributed by atoms with van der Waals surface area (Å²) in [5.74, 6) is 1.80.